The standard InChI is InChI=1S/C8H7FN2O2S/c9-6-3-7(11)5-8(4-6)14(12,13)2-1-10/h3-5H,2,11H2. The van der Waals surface area contributed by atoms with Gasteiger partial charge in [0.05, 0.1) is 11.0 Å². The minimum absolute atomic E-state index is 0.0153. The van der Waals surface area contributed by atoms with Crippen molar-refractivity contribution in [2.45, 2.75) is 4.90 Å². The number of nitriles is 1. The molecule has 0 heterocycles. The van der Waals surface area contributed by atoms with Crippen LogP contribution in [-0.2, 0) is 9.84 Å². The first kappa shape index (κ1) is 10.5. The van der Waals surface area contributed by atoms with Crippen LogP contribution in [0.1, 0.15) is 0 Å². The fraction of sp³-hybridized carbons (Fsp3) is 0.125. The molecule has 0 amide bonds. The second kappa shape index (κ2) is 3.64. The van der Waals surface area contributed by atoms with Gasteiger partial charge in [-0.05, 0) is 18.2 Å². The third-order valence-corrected chi connectivity index (χ3v) is 2.97. The molecule has 1 aromatic carbocycles. The van der Waals surface area contributed by atoms with Gasteiger partial charge in [-0.25, -0.2) is 12.8 Å². The molecule has 0 saturated carbocycles. The van der Waals surface area contributed by atoms with Crippen molar-refractivity contribution in [2.24, 2.45) is 0 Å². The van der Waals surface area contributed by atoms with Gasteiger partial charge in [0.2, 0.25) is 0 Å². The topological polar surface area (TPSA) is 84.0 Å². The maximum atomic E-state index is 12.8. The van der Waals surface area contributed by atoms with E-state index in [1.54, 1.807) is 0 Å². The molecule has 0 aromatic heterocycles. The number of benzene rings is 1. The predicted octanol–water partition coefficient (Wildman–Crippen LogP) is 0.705. The summed E-state index contributed by atoms with van der Waals surface area (Å²) in [6, 6.07) is 4.46. The Labute approximate surface area is 80.7 Å². The van der Waals surface area contributed by atoms with Gasteiger partial charge in [0.1, 0.15) is 11.6 Å². The Hall–Kier alpha value is -1.61. The minimum Gasteiger partial charge on any atom is -0.399 e. The van der Waals surface area contributed by atoms with Crippen molar-refractivity contribution in [3.05, 3.63) is 24.0 Å². The van der Waals surface area contributed by atoms with Crippen LogP contribution in [0.3, 0.4) is 0 Å². The quantitative estimate of drug-likeness (QED) is 0.734. The van der Waals surface area contributed by atoms with Gasteiger partial charge in [0.15, 0.2) is 9.84 Å². The van der Waals surface area contributed by atoms with Crippen LogP contribution in [0.15, 0.2) is 23.1 Å². The largest absolute Gasteiger partial charge is 0.399 e. The lowest BCUT2D eigenvalue weighted by Crippen LogP contribution is -2.06. The third-order valence-electron chi connectivity index (χ3n) is 1.51. The second-order valence-corrected chi connectivity index (χ2v) is 4.63. The lowest BCUT2D eigenvalue weighted by Gasteiger charge is -2.01. The Bertz CT molecular complexity index is 470. The van der Waals surface area contributed by atoms with Gasteiger partial charge in [-0.15, -0.1) is 0 Å². The zero-order valence-corrected chi connectivity index (χ0v) is 7.88. The Morgan fingerprint density at radius 1 is 1.43 bits per heavy atom. The molecule has 1 rings (SSSR count). The van der Waals surface area contributed by atoms with E-state index in [0.717, 1.165) is 18.2 Å². The molecule has 1 aromatic rings. The average Bonchev–Trinajstić information content (AvgIpc) is 2.02. The monoisotopic (exact) mass is 214 g/mol. The first-order chi connectivity index (χ1) is 6.45. The SMILES string of the molecule is N#CCS(=O)(=O)c1cc(N)cc(F)c1. The van der Waals surface area contributed by atoms with Crippen LogP contribution in [0.4, 0.5) is 10.1 Å². The Morgan fingerprint density at radius 3 is 2.57 bits per heavy atom. The number of anilines is 1. The third kappa shape index (κ3) is 2.20. The zero-order chi connectivity index (χ0) is 10.8. The highest BCUT2D eigenvalue weighted by Crippen LogP contribution is 2.16. The number of halogens is 1. The molecule has 6 heteroatoms. The van der Waals surface area contributed by atoms with Crippen molar-refractivity contribution >= 4 is 15.5 Å². The van der Waals surface area contributed by atoms with E-state index in [1.807, 2.05) is 0 Å². The van der Waals surface area contributed by atoms with Crippen LogP contribution in [0, 0.1) is 17.1 Å². The van der Waals surface area contributed by atoms with Gasteiger partial charge in [-0.3, -0.25) is 0 Å². The first-order valence-electron chi connectivity index (χ1n) is 3.61. The van der Waals surface area contributed by atoms with Gasteiger partial charge >= 0.3 is 0 Å². The number of hydrogen-bond donors (Lipinski definition) is 1. The summed E-state index contributed by atoms with van der Waals surface area (Å²) in [4.78, 5) is -0.267. The van der Waals surface area contributed by atoms with E-state index in [-0.39, 0.29) is 10.6 Å². The van der Waals surface area contributed by atoms with Crippen LogP contribution < -0.4 is 5.73 Å². The molecule has 0 saturated heterocycles. The number of nitrogen functional groups attached to an aromatic ring is 1. The Balaban J connectivity index is 3.28. The van der Waals surface area contributed by atoms with Crippen LogP contribution in [0.2, 0.25) is 0 Å². The molecular formula is C8H7FN2O2S. The molecule has 14 heavy (non-hydrogen) atoms. The smallest absolute Gasteiger partial charge is 0.191 e. The fourth-order valence-electron chi connectivity index (χ4n) is 0.932. The van der Waals surface area contributed by atoms with Crippen LogP contribution >= 0.6 is 0 Å². The highest BCUT2D eigenvalue weighted by Gasteiger charge is 2.15. The number of rotatable bonds is 2. The van der Waals surface area contributed by atoms with Crippen LogP contribution in [0.25, 0.3) is 0 Å². The van der Waals surface area contributed by atoms with E-state index in [4.69, 9.17) is 11.0 Å². The summed E-state index contributed by atoms with van der Waals surface area (Å²) in [5.41, 5.74) is 5.28. The lowest BCUT2D eigenvalue weighted by atomic mass is 10.3. The molecule has 0 fully saturated rings. The van der Waals surface area contributed by atoms with E-state index < -0.39 is 21.4 Å². The molecule has 0 radical (unpaired) electrons. The van der Waals surface area contributed by atoms with Crippen molar-refractivity contribution < 1.29 is 12.8 Å². The lowest BCUT2D eigenvalue weighted by molar-refractivity contribution is 0.594. The van der Waals surface area contributed by atoms with E-state index >= 15 is 0 Å². The van der Waals surface area contributed by atoms with Crippen molar-refractivity contribution in [3.8, 4) is 6.07 Å². The van der Waals surface area contributed by atoms with Gasteiger partial charge < -0.3 is 5.73 Å². The summed E-state index contributed by atoms with van der Waals surface area (Å²) in [5, 5.41) is 8.25. The zero-order valence-electron chi connectivity index (χ0n) is 7.07. The number of nitrogens with zero attached hydrogens (tertiary/aromatic N) is 1. The highest BCUT2D eigenvalue weighted by molar-refractivity contribution is 7.91. The average molecular weight is 214 g/mol. The summed E-state index contributed by atoms with van der Waals surface area (Å²) in [6.45, 7) is 0. The maximum Gasteiger partial charge on any atom is 0.191 e. The van der Waals surface area contributed by atoms with Gasteiger partial charge in [0, 0.05) is 5.69 Å². The number of sulfone groups is 1. The van der Waals surface area contributed by atoms with E-state index in [0.29, 0.717) is 0 Å². The molecule has 0 unspecified atom stereocenters. The molecule has 0 spiro atoms. The van der Waals surface area contributed by atoms with Crippen LogP contribution in [-0.4, -0.2) is 14.2 Å². The molecule has 0 aliphatic rings. The molecule has 74 valence electrons. The predicted molar refractivity (Wildman–Crippen MR) is 48.5 cm³/mol. The summed E-state index contributed by atoms with van der Waals surface area (Å²) < 4.78 is 35.4. The molecule has 0 bridgehead atoms. The van der Waals surface area contributed by atoms with Crippen molar-refractivity contribution in [1.82, 2.24) is 0 Å². The Kier molecular flexibility index (Phi) is 2.72. The van der Waals surface area contributed by atoms with Gasteiger partial charge in [-0.2, -0.15) is 5.26 Å². The summed E-state index contributed by atoms with van der Waals surface area (Å²) in [5.74, 6) is -1.42. The molecule has 0 aliphatic carbocycles. The van der Waals surface area contributed by atoms with E-state index in [1.165, 1.54) is 6.07 Å². The van der Waals surface area contributed by atoms with Crippen molar-refractivity contribution in [1.29, 1.82) is 5.26 Å². The number of nitrogens with two attached hydrogens (primary N) is 1. The molecule has 2 N–H and O–H groups in total. The van der Waals surface area contributed by atoms with Gasteiger partial charge in [-0.1, -0.05) is 0 Å². The summed E-state index contributed by atoms with van der Waals surface area (Å²) in [6.07, 6.45) is 0. The Morgan fingerprint density at radius 2 is 2.07 bits per heavy atom. The molecule has 4 nitrogen and oxygen atoms in total. The molecule has 0 aliphatic heterocycles. The van der Waals surface area contributed by atoms with Crippen molar-refractivity contribution in [2.75, 3.05) is 11.5 Å². The van der Waals surface area contributed by atoms with Gasteiger partial charge in [0.25, 0.3) is 0 Å². The van der Waals surface area contributed by atoms with Crippen LogP contribution in [0.5, 0.6) is 0 Å². The molecular weight excluding hydrogens is 207 g/mol. The fourth-order valence-corrected chi connectivity index (χ4v) is 1.88. The summed E-state index contributed by atoms with van der Waals surface area (Å²) in [7, 11) is -3.74. The summed E-state index contributed by atoms with van der Waals surface area (Å²) >= 11 is 0. The normalized spacial score (nSPS) is 10.9. The van der Waals surface area contributed by atoms with E-state index in [9.17, 15) is 12.8 Å². The van der Waals surface area contributed by atoms with Crippen molar-refractivity contribution in [3.63, 3.8) is 0 Å². The van der Waals surface area contributed by atoms with E-state index in [2.05, 4.69) is 0 Å². The number of hydrogen-bond acceptors (Lipinski definition) is 4. The first-order valence-corrected chi connectivity index (χ1v) is 5.27. The minimum atomic E-state index is -3.74. The highest BCUT2D eigenvalue weighted by atomic mass is 32.2. The maximum absolute atomic E-state index is 12.8. The molecule has 0 atom stereocenters. The second-order valence-electron chi connectivity index (χ2n) is 2.64.